The quantitative estimate of drug-likeness (QED) is 0.606. The third-order valence-electron chi connectivity index (χ3n) is 2.82. The number of aromatic nitrogens is 2. The molecule has 0 atom stereocenters. The standard InChI is InChI=1S/C12H21N5O/c1-11(2)6-17(7-12(3,4)18-11)10-5-9(16-13)14-8-15-10/h5,8H,6-7,13H2,1-4H3,(H,14,15,16). The Morgan fingerprint density at radius 1 is 1.22 bits per heavy atom. The number of hydrogen-bond donors (Lipinski definition) is 2. The number of hydrazine groups is 1. The highest BCUT2D eigenvalue weighted by Crippen LogP contribution is 2.30. The Hall–Kier alpha value is -1.40. The summed E-state index contributed by atoms with van der Waals surface area (Å²) in [7, 11) is 0. The number of nitrogen functional groups attached to an aromatic ring is 1. The minimum absolute atomic E-state index is 0.205. The summed E-state index contributed by atoms with van der Waals surface area (Å²) in [4.78, 5) is 10.5. The van der Waals surface area contributed by atoms with E-state index in [-0.39, 0.29) is 11.2 Å². The summed E-state index contributed by atoms with van der Waals surface area (Å²) in [6, 6.07) is 1.84. The van der Waals surface area contributed by atoms with Crippen LogP contribution in [0, 0.1) is 0 Å². The molecule has 3 N–H and O–H groups in total. The highest BCUT2D eigenvalue weighted by Gasteiger charge is 2.38. The number of anilines is 2. The number of nitrogens with two attached hydrogens (primary N) is 1. The molecule has 0 saturated carbocycles. The normalized spacial score (nSPS) is 21.7. The first-order valence-corrected chi connectivity index (χ1v) is 6.05. The van der Waals surface area contributed by atoms with Crippen LogP contribution in [-0.4, -0.2) is 34.3 Å². The van der Waals surface area contributed by atoms with Crippen LogP contribution in [-0.2, 0) is 4.74 Å². The summed E-state index contributed by atoms with van der Waals surface area (Å²) in [6.45, 7) is 9.93. The molecule has 0 radical (unpaired) electrons. The highest BCUT2D eigenvalue weighted by atomic mass is 16.5. The summed E-state index contributed by atoms with van der Waals surface area (Å²) in [5, 5.41) is 0. The van der Waals surface area contributed by atoms with Gasteiger partial charge in [0, 0.05) is 19.2 Å². The molecule has 2 rings (SSSR count). The second-order valence-corrected chi connectivity index (χ2v) is 5.88. The van der Waals surface area contributed by atoms with Crippen LogP contribution in [0.2, 0.25) is 0 Å². The Balaban J connectivity index is 2.26. The van der Waals surface area contributed by atoms with Crippen molar-refractivity contribution in [1.82, 2.24) is 9.97 Å². The molecule has 1 aliphatic heterocycles. The third kappa shape index (κ3) is 2.88. The molecule has 0 amide bonds. The van der Waals surface area contributed by atoms with Gasteiger partial charge in [-0.2, -0.15) is 0 Å². The Morgan fingerprint density at radius 2 is 1.83 bits per heavy atom. The summed E-state index contributed by atoms with van der Waals surface area (Å²) in [5.41, 5.74) is 2.13. The van der Waals surface area contributed by atoms with Gasteiger partial charge in [0.2, 0.25) is 0 Å². The molecule has 1 aromatic rings. The minimum Gasteiger partial charge on any atom is -0.366 e. The van der Waals surface area contributed by atoms with Gasteiger partial charge in [0.25, 0.3) is 0 Å². The van der Waals surface area contributed by atoms with E-state index in [1.807, 2.05) is 6.07 Å². The van der Waals surface area contributed by atoms with Crippen molar-refractivity contribution in [3.63, 3.8) is 0 Å². The maximum atomic E-state index is 6.04. The number of nitrogens with zero attached hydrogens (tertiary/aromatic N) is 3. The van der Waals surface area contributed by atoms with E-state index in [9.17, 15) is 0 Å². The number of hydrogen-bond acceptors (Lipinski definition) is 6. The zero-order chi connectivity index (χ0) is 13.4. The molecule has 6 nitrogen and oxygen atoms in total. The van der Waals surface area contributed by atoms with Gasteiger partial charge in [0.05, 0.1) is 11.2 Å². The maximum absolute atomic E-state index is 6.04. The zero-order valence-electron chi connectivity index (χ0n) is 11.4. The van der Waals surface area contributed by atoms with Crippen LogP contribution in [0.25, 0.3) is 0 Å². The van der Waals surface area contributed by atoms with Gasteiger partial charge in [-0.1, -0.05) is 0 Å². The first kappa shape index (κ1) is 13.0. The lowest BCUT2D eigenvalue weighted by atomic mass is 9.99. The van der Waals surface area contributed by atoms with Crippen LogP contribution in [0.15, 0.2) is 12.4 Å². The average molecular weight is 251 g/mol. The summed E-state index contributed by atoms with van der Waals surface area (Å²) >= 11 is 0. The summed E-state index contributed by atoms with van der Waals surface area (Å²) in [6.07, 6.45) is 1.51. The van der Waals surface area contributed by atoms with Gasteiger partial charge in [0.15, 0.2) is 0 Å². The Morgan fingerprint density at radius 3 is 2.39 bits per heavy atom. The van der Waals surface area contributed by atoms with Crippen LogP contribution in [0.4, 0.5) is 11.6 Å². The van der Waals surface area contributed by atoms with E-state index in [2.05, 4.69) is 48.0 Å². The number of rotatable bonds is 2. The molecule has 1 fully saturated rings. The largest absolute Gasteiger partial charge is 0.366 e. The smallest absolute Gasteiger partial charge is 0.145 e. The Kier molecular flexibility index (Phi) is 3.16. The fourth-order valence-corrected chi connectivity index (χ4v) is 2.55. The van der Waals surface area contributed by atoms with Crippen molar-refractivity contribution in [1.29, 1.82) is 0 Å². The van der Waals surface area contributed by atoms with Crippen LogP contribution in [0.3, 0.4) is 0 Å². The van der Waals surface area contributed by atoms with Crippen molar-refractivity contribution in [3.8, 4) is 0 Å². The van der Waals surface area contributed by atoms with Crippen molar-refractivity contribution < 1.29 is 4.74 Å². The molecule has 0 unspecified atom stereocenters. The molecule has 1 aliphatic rings. The first-order chi connectivity index (χ1) is 8.31. The Bertz CT molecular complexity index is 416. The van der Waals surface area contributed by atoms with E-state index in [0.29, 0.717) is 5.82 Å². The van der Waals surface area contributed by atoms with Gasteiger partial charge in [-0.25, -0.2) is 15.8 Å². The second kappa shape index (κ2) is 4.37. The van der Waals surface area contributed by atoms with E-state index >= 15 is 0 Å². The van der Waals surface area contributed by atoms with E-state index in [0.717, 1.165) is 18.9 Å². The molecule has 0 aliphatic carbocycles. The van der Waals surface area contributed by atoms with Gasteiger partial charge in [-0.05, 0) is 27.7 Å². The van der Waals surface area contributed by atoms with Gasteiger partial charge < -0.3 is 15.1 Å². The summed E-state index contributed by atoms with van der Waals surface area (Å²) in [5.74, 6) is 6.85. The third-order valence-corrected chi connectivity index (χ3v) is 2.82. The molecule has 0 spiro atoms. The topological polar surface area (TPSA) is 76.3 Å². The van der Waals surface area contributed by atoms with Crippen molar-refractivity contribution in [2.75, 3.05) is 23.4 Å². The van der Waals surface area contributed by atoms with Crippen molar-refractivity contribution in [2.24, 2.45) is 5.84 Å². The average Bonchev–Trinajstić information content (AvgIpc) is 2.25. The maximum Gasteiger partial charge on any atom is 0.145 e. The molecule has 6 heteroatoms. The SMILES string of the molecule is CC1(C)CN(c2cc(NN)ncn2)CC(C)(C)O1. The fourth-order valence-electron chi connectivity index (χ4n) is 2.55. The van der Waals surface area contributed by atoms with E-state index in [1.165, 1.54) is 6.33 Å². The second-order valence-electron chi connectivity index (χ2n) is 5.88. The van der Waals surface area contributed by atoms with Crippen LogP contribution in [0.5, 0.6) is 0 Å². The lowest BCUT2D eigenvalue weighted by Gasteiger charge is -2.47. The highest BCUT2D eigenvalue weighted by molar-refractivity contribution is 5.48. The first-order valence-electron chi connectivity index (χ1n) is 6.05. The number of ether oxygens (including phenoxy) is 1. The van der Waals surface area contributed by atoms with E-state index in [4.69, 9.17) is 10.6 Å². The predicted octanol–water partition coefficient (Wildman–Crippen LogP) is 1.16. The minimum atomic E-state index is -0.205. The van der Waals surface area contributed by atoms with E-state index in [1.54, 1.807) is 0 Å². The van der Waals surface area contributed by atoms with Crippen LogP contribution < -0.4 is 16.2 Å². The van der Waals surface area contributed by atoms with Gasteiger partial charge in [-0.15, -0.1) is 0 Å². The lowest BCUT2D eigenvalue weighted by molar-refractivity contribution is -0.133. The van der Waals surface area contributed by atoms with Gasteiger partial charge >= 0.3 is 0 Å². The molecule has 18 heavy (non-hydrogen) atoms. The Labute approximate surface area is 108 Å². The van der Waals surface area contributed by atoms with Gasteiger partial charge in [-0.3, -0.25) is 0 Å². The molecule has 0 bridgehead atoms. The van der Waals surface area contributed by atoms with Crippen molar-refractivity contribution in [2.45, 2.75) is 38.9 Å². The molecular weight excluding hydrogens is 230 g/mol. The fraction of sp³-hybridized carbons (Fsp3) is 0.667. The molecular formula is C12H21N5O. The molecule has 100 valence electrons. The molecule has 0 aromatic carbocycles. The molecule has 2 heterocycles. The molecule has 1 aromatic heterocycles. The zero-order valence-corrected chi connectivity index (χ0v) is 11.4. The summed E-state index contributed by atoms with van der Waals surface area (Å²) < 4.78 is 6.04. The molecule has 1 saturated heterocycles. The predicted molar refractivity (Wildman–Crippen MR) is 71.3 cm³/mol. The lowest BCUT2D eigenvalue weighted by Crippen LogP contribution is -2.57. The van der Waals surface area contributed by atoms with Crippen molar-refractivity contribution >= 4 is 11.6 Å². The number of nitrogens with one attached hydrogen (secondary N) is 1. The number of morpholine rings is 1. The monoisotopic (exact) mass is 251 g/mol. The van der Waals surface area contributed by atoms with Crippen molar-refractivity contribution in [3.05, 3.63) is 12.4 Å². The van der Waals surface area contributed by atoms with Gasteiger partial charge in [0.1, 0.15) is 18.0 Å². The van der Waals surface area contributed by atoms with E-state index < -0.39 is 0 Å². The van der Waals surface area contributed by atoms with Crippen LogP contribution in [0.1, 0.15) is 27.7 Å². The van der Waals surface area contributed by atoms with Crippen LogP contribution >= 0.6 is 0 Å².